The molecule has 2 heteroatoms. The van der Waals surface area contributed by atoms with E-state index in [-0.39, 0.29) is 12.1 Å². The Labute approximate surface area is 118 Å². The van der Waals surface area contributed by atoms with Crippen LogP contribution in [0.15, 0.2) is 24.3 Å². The molecule has 0 spiro atoms. The minimum atomic E-state index is -0.0313. The van der Waals surface area contributed by atoms with Crippen LogP contribution in [0.3, 0.4) is 0 Å². The van der Waals surface area contributed by atoms with Crippen molar-refractivity contribution in [1.82, 2.24) is 0 Å². The molecule has 19 heavy (non-hydrogen) atoms. The number of aryl methyl sites for hydroxylation is 1. The van der Waals surface area contributed by atoms with Crippen molar-refractivity contribution in [3.63, 3.8) is 0 Å². The molecule has 0 heterocycles. The molecule has 1 rings (SSSR count). The first-order valence-corrected chi connectivity index (χ1v) is 7.59. The monoisotopic (exact) mass is 263 g/mol. The molecule has 0 bridgehead atoms. The van der Waals surface area contributed by atoms with Crippen molar-refractivity contribution < 1.29 is 4.74 Å². The van der Waals surface area contributed by atoms with Crippen LogP contribution < -0.4 is 5.73 Å². The highest BCUT2D eigenvalue weighted by Gasteiger charge is 2.14. The van der Waals surface area contributed by atoms with Crippen molar-refractivity contribution in [2.75, 3.05) is 6.61 Å². The first-order chi connectivity index (χ1) is 9.15. The average Bonchev–Trinajstić information content (AvgIpc) is 2.42. The summed E-state index contributed by atoms with van der Waals surface area (Å²) in [5, 5.41) is 0. The largest absolute Gasteiger partial charge is 0.377 e. The molecule has 0 aliphatic rings. The van der Waals surface area contributed by atoms with Crippen LogP contribution in [0.5, 0.6) is 0 Å². The minimum Gasteiger partial charge on any atom is -0.377 e. The van der Waals surface area contributed by atoms with Crippen LogP contribution in [0.2, 0.25) is 0 Å². The minimum absolute atomic E-state index is 0.0313. The molecule has 0 aromatic heterocycles. The average molecular weight is 263 g/mol. The van der Waals surface area contributed by atoms with Gasteiger partial charge in [-0.1, -0.05) is 62.4 Å². The van der Waals surface area contributed by atoms with Crippen LogP contribution >= 0.6 is 0 Å². The van der Waals surface area contributed by atoms with Gasteiger partial charge in [0.05, 0.1) is 12.1 Å². The van der Waals surface area contributed by atoms with Gasteiger partial charge in [-0.05, 0) is 25.8 Å². The van der Waals surface area contributed by atoms with E-state index >= 15 is 0 Å². The zero-order valence-corrected chi connectivity index (χ0v) is 12.7. The molecule has 2 unspecified atom stereocenters. The van der Waals surface area contributed by atoms with Crippen molar-refractivity contribution in [3.8, 4) is 0 Å². The van der Waals surface area contributed by atoms with Crippen LogP contribution in [0.4, 0.5) is 0 Å². The van der Waals surface area contributed by atoms with Gasteiger partial charge in [-0.3, -0.25) is 0 Å². The summed E-state index contributed by atoms with van der Waals surface area (Å²) < 4.78 is 5.84. The van der Waals surface area contributed by atoms with Gasteiger partial charge < -0.3 is 10.5 Å². The molecule has 2 atom stereocenters. The predicted molar refractivity (Wildman–Crippen MR) is 82.3 cm³/mol. The summed E-state index contributed by atoms with van der Waals surface area (Å²) in [7, 11) is 0. The maximum atomic E-state index is 6.23. The second-order valence-corrected chi connectivity index (χ2v) is 5.43. The summed E-state index contributed by atoms with van der Waals surface area (Å²) in [6.45, 7) is 7.21. The SMILES string of the molecule is CCCCCCCOC(C)C(N)c1ccc(C)cc1. The lowest BCUT2D eigenvalue weighted by Crippen LogP contribution is -2.26. The van der Waals surface area contributed by atoms with Crippen molar-refractivity contribution in [1.29, 1.82) is 0 Å². The Bertz CT molecular complexity index is 334. The molecule has 0 aliphatic heterocycles. The third kappa shape index (κ3) is 6.22. The first-order valence-electron chi connectivity index (χ1n) is 7.59. The van der Waals surface area contributed by atoms with E-state index in [2.05, 4.69) is 45.0 Å². The number of ether oxygens (including phenoxy) is 1. The lowest BCUT2D eigenvalue weighted by Gasteiger charge is -2.21. The van der Waals surface area contributed by atoms with Gasteiger partial charge in [0.2, 0.25) is 0 Å². The van der Waals surface area contributed by atoms with Crippen LogP contribution in [-0.4, -0.2) is 12.7 Å². The quantitative estimate of drug-likeness (QED) is 0.671. The molecule has 2 N–H and O–H groups in total. The summed E-state index contributed by atoms with van der Waals surface area (Å²) in [4.78, 5) is 0. The van der Waals surface area contributed by atoms with Crippen molar-refractivity contribution >= 4 is 0 Å². The fraction of sp³-hybridized carbons (Fsp3) is 0.647. The predicted octanol–water partition coefficient (Wildman–Crippen LogP) is 4.37. The molecule has 0 fully saturated rings. The van der Waals surface area contributed by atoms with E-state index in [1.807, 2.05) is 0 Å². The maximum absolute atomic E-state index is 6.23. The van der Waals surface area contributed by atoms with E-state index in [0.29, 0.717) is 0 Å². The summed E-state index contributed by atoms with van der Waals surface area (Å²) in [6, 6.07) is 8.37. The summed E-state index contributed by atoms with van der Waals surface area (Å²) in [6.07, 6.45) is 6.42. The fourth-order valence-corrected chi connectivity index (χ4v) is 2.14. The Hall–Kier alpha value is -0.860. The lowest BCUT2D eigenvalue weighted by atomic mass is 10.0. The third-order valence-corrected chi connectivity index (χ3v) is 3.60. The number of rotatable bonds is 9. The van der Waals surface area contributed by atoms with E-state index in [4.69, 9.17) is 10.5 Å². The Morgan fingerprint density at radius 1 is 1.05 bits per heavy atom. The van der Waals surface area contributed by atoms with Gasteiger partial charge in [-0.15, -0.1) is 0 Å². The fourth-order valence-electron chi connectivity index (χ4n) is 2.14. The standard InChI is InChI=1S/C17H29NO/c1-4-5-6-7-8-13-19-15(3)17(18)16-11-9-14(2)10-12-16/h9-12,15,17H,4-8,13,18H2,1-3H3. The third-order valence-electron chi connectivity index (χ3n) is 3.60. The van der Waals surface area contributed by atoms with Crippen LogP contribution in [0, 0.1) is 6.92 Å². The van der Waals surface area contributed by atoms with Crippen LogP contribution in [-0.2, 0) is 4.74 Å². The van der Waals surface area contributed by atoms with Crippen molar-refractivity contribution in [3.05, 3.63) is 35.4 Å². The van der Waals surface area contributed by atoms with E-state index in [1.165, 1.54) is 31.2 Å². The molecule has 0 radical (unpaired) electrons. The van der Waals surface area contributed by atoms with E-state index in [9.17, 15) is 0 Å². The highest BCUT2D eigenvalue weighted by molar-refractivity contribution is 5.24. The second-order valence-electron chi connectivity index (χ2n) is 5.43. The van der Waals surface area contributed by atoms with Crippen LogP contribution in [0.25, 0.3) is 0 Å². The molecule has 0 saturated heterocycles. The Morgan fingerprint density at radius 3 is 2.32 bits per heavy atom. The number of benzene rings is 1. The van der Waals surface area contributed by atoms with Crippen molar-refractivity contribution in [2.24, 2.45) is 5.73 Å². The number of unbranched alkanes of at least 4 members (excludes halogenated alkanes) is 4. The molecule has 0 aliphatic carbocycles. The summed E-state index contributed by atoms with van der Waals surface area (Å²) >= 11 is 0. The van der Waals surface area contributed by atoms with E-state index in [1.54, 1.807) is 0 Å². The Balaban J connectivity index is 2.25. The molecule has 2 nitrogen and oxygen atoms in total. The molecule has 0 saturated carbocycles. The smallest absolute Gasteiger partial charge is 0.0739 e. The van der Waals surface area contributed by atoms with Crippen LogP contribution in [0.1, 0.15) is 63.1 Å². The first kappa shape index (κ1) is 16.2. The summed E-state index contributed by atoms with van der Waals surface area (Å²) in [5.41, 5.74) is 8.65. The lowest BCUT2D eigenvalue weighted by molar-refractivity contribution is 0.0455. The normalized spacial score (nSPS) is 14.3. The molecule has 1 aromatic rings. The van der Waals surface area contributed by atoms with Gasteiger partial charge in [0.1, 0.15) is 0 Å². The van der Waals surface area contributed by atoms with Gasteiger partial charge in [-0.25, -0.2) is 0 Å². The molecular weight excluding hydrogens is 234 g/mol. The van der Waals surface area contributed by atoms with Gasteiger partial charge in [0.25, 0.3) is 0 Å². The Morgan fingerprint density at radius 2 is 1.68 bits per heavy atom. The molecule has 108 valence electrons. The van der Waals surface area contributed by atoms with E-state index in [0.717, 1.165) is 18.6 Å². The number of nitrogens with two attached hydrogens (primary N) is 1. The van der Waals surface area contributed by atoms with Gasteiger partial charge in [0.15, 0.2) is 0 Å². The highest BCUT2D eigenvalue weighted by atomic mass is 16.5. The molecular formula is C17H29NO. The van der Waals surface area contributed by atoms with Crippen molar-refractivity contribution in [2.45, 2.75) is 65.0 Å². The van der Waals surface area contributed by atoms with E-state index < -0.39 is 0 Å². The number of hydrogen-bond acceptors (Lipinski definition) is 2. The summed E-state index contributed by atoms with van der Waals surface area (Å²) in [5.74, 6) is 0. The zero-order chi connectivity index (χ0) is 14.1. The number of hydrogen-bond donors (Lipinski definition) is 1. The molecule has 0 amide bonds. The molecule has 1 aromatic carbocycles. The Kier molecular flexibility index (Phi) is 7.76. The van der Waals surface area contributed by atoms with Gasteiger partial charge >= 0.3 is 0 Å². The highest BCUT2D eigenvalue weighted by Crippen LogP contribution is 2.17. The second kappa shape index (κ2) is 9.11. The van der Waals surface area contributed by atoms with Gasteiger partial charge in [0, 0.05) is 6.61 Å². The zero-order valence-electron chi connectivity index (χ0n) is 12.7. The topological polar surface area (TPSA) is 35.2 Å². The maximum Gasteiger partial charge on any atom is 0.0739 e. The van der Waals surface area contributed by atoms with Gasteiger partial charge in [-0.2, -0.15) is 0 Å².